The highest BCUT2D eigenvalue weighted by molar-refractivity contribution is 5.91. The predicted octanol–water partition coefficient (Wildman–Crippen LogP) is -0.641. The van der Waals surface area contributed by atoms with Gasteiger partial charge in [-0.05, 0) is 7.05 Å². The van der Waals surface area contributed by atoms with Crippen LogP contribution in [0, 0.1) is 0 Å². The third-order valence-corrected chi connectivity index (χ3v) is 1.40. The van der Waals surface area contributed by atoms with E-state index in [2.05, 4.69) is 20.6 Å². The molecule has 5 nitrogen and oxygen atoms in total. The van der Waals surface area contributed by atoms with Crippen molar-refractivity contribution >= 4 is 5.91 Å². The summed E-state index contributed by atoms with van der Waals surface area (Å²) in [6, 6.07) is 0. The van der Waals surface area contributed by atoms with Crippen molar-refractivity contribution in [2.75, 3.05) is 20.1 Å². The number of H-pyrrole nitrogens is 1. The minimum Gasteiger partial charge on any atom is -0.349 e. The second-order valence-electron chi connectivity index (χ2n) is 2.32. The third kappa shape index (κ3) is 2.35. The van der Waals surface area contributed by atoms with E-state index in [0.29, 0.717) is 12.2 Å². The van der Waals surface area contributed by atoms with Crippen LogP contribution in [0.3, 0.4) is 0 Å². The zero-order valence-corrected chi connectivity index (χ0v) is 6.92. The molecule has 0 aliphatic heterocycles. The summed E-state index contributed by atoms with van der Waals surface area (Å²) in [5, 5.41) is 5.64. The Morgan fingerprint density at radius 3 is 3.08 bits per heavy atom. The van der Waals surface area contributed by atoms with E-state index >= 15 is 0 Å². The summed E-state index contributed by atoms with van der Waals surface area (Å²) in [5.74, 6) is -0.122. The quantitative estimate of drug-likeness (QED) is 0.524. The Hall–Kier alpha value is -1.36. The van der Waals surface area contributed by atoms with E-state index < -0.39 is 0 Å². The minimum absolute atomic E-state index is 0.122. The molecule has 0 aliphatic carbocycles. The first-order valence-electron chi connectivity index (χ1n) is 3.75. The fraction of sp³-hybridized carbons (Fsp3) is 0.429. The SMILES string of the molecule is CNCCNC(=O)c1cnc[nH]1. The average Bonchev–Trinajstić information content (AvgIpc) is 2.56. The van der Waals surface area contributed by atoms with Gasteiger partial charge in [0.1, 0.15) is 5.69 Å². The number of likely N-dealkylation sites (N-methyl/N-ethyl adjacent to an activating group) is 1. The third-order valence-electron chi connectivity index (χ3n) is 1.40. The fourth-order valence-corrected chi connectivity index (χ4v) is 0.776. The number of hydrogen-bond donors (Lipinski definition) is 3. The number of hydrogen-bond acceptors (Lipinski definition) is 3. The van der Waals surface area contributed by atoms with Crippen LogP contribution in [0.25, 0.3) is 0 Å². The highest BCUT2D eigenvalue weighted by atomic mass is 16.1. The van der Waals surface area contributed by atoms with Crippen LogP contribution in [0.4, 0.5) is 0 Å². The van der Waals surface area contributed by atoms with Crippen LogP contribution < -0.4 is 10.6 Å². The van der Waals surface area contributed by atoms with Gasteiger partial charge < -0.3 is 15.6 Å². The maximum absolute atomic E-state index is 11.2. The van der Waals surface area contributed by atoms with E-state index in [0.717, 1.165) is 6.54 Å². The van der Waals surface area contributed by atoms with Crippen LogP contribution in [0.1, 0.15) is 10.5 Å². The molecular formula is C7H12N4O. The first-order valence-corrected chi connectivity index (χ1v) is 3.75. The molecule has 1 amide bonds. The number of aromatic amines is 1. The normalized spacial score (nSPS) is 9.75. The van der Waals surface area contributed by atoms with Gasteiger partial charge in [-0.2, -0.15) is 0 Å². The summed E-state index contributed by atoms with van der Waals surface area (Å²) in [4.78, 5) is 17.6. The largest absolute Gasteiger partial charge is 0.349 e. The monoisotopic (exact) mass is 168 g/mol. The molecule has 0 unspecified atom stereocenters. The predicted molar refractivity (Wildman–Crippen MR) is 44.8 cm³/mol. The Labute approximate surface area is 70.6 Å². The van der Waals surface area contributed by atoms with Gasteiger partial charge in [0.25, 0.3) is 5.91 Å². The van der Waals surface area contributed by atoms with Gasteiger partial charge in [0, 0.05) is 13.1 Å². The van der Waals surface area contributed by atoms with Crippen molar-refractivity contribution in [3.05, 3.63) is 18.2 Å². The zero-order valence-electron chi connectivity index (χ0n) is 6.92. The maximum atomic E-state index is 11.2. The van der Waals surface area contributed by atoms with E-state index in [9.17, 15) is 4.79 Å². The Kier molecular flexibility index (Phi) is 3.28. The molecule has 0 fully saturated rings. The molecule has 0 aliphatic rings. The summed E-state index contributed by atoms with van der Waals surface area (Å²) < 4.78 is 0. The van der Waals surface area contributed by atoms with Crippen molar-refractivity contribution in [3.8, 4) is 0 Å². The van der Waals surface area contributed by atoms with Gasteiger partial charge >= 0.3 is 0 Å². The molecule has 0 atom stereocenters. The average molecular weight is 168 g/mol. The molecule has 0 spiro atoms. The van der Waals surface area contributed by atoms with Crippen molar-refractivity contribution in [2.24, 2.45) is 0 Å². The smallest absolute Gasteiger partial charge is 0.269 e. The lowest BCUT2D eigenvalue weighted by molar-refractivity contribution is 0.0949. The number of rotatable bonds is 4. The molecule has 12 heavy (non-hydrogen) atoms. The molecular weight excluding hydrogens is 156 g/mol. The molecule has 66 valence electrons. The molecule has 1 heterocycles. The number of carbonyl (C=O) groups is 1. The minimum atomic E-state index is -0.122. The molecule has 0 aromatic carbocycles. The second-order valence-corrected chi connectivity index (χ2v) is 2.32. The van der Waals surface area contributed by atoms with E-state index in [1.54, 1.807) is 0 Å². The van der Waals surface area contributed by atoms with Gasteiger partial charge in [-0.1, -0.05) is 0 Å². The summed E-state index contributed by atoms with van der Waals surface area (Å²) in [5.41, 5.74) is 0.492. The van der Waals surface area contributed by atoms with Crippen LogP contribution in [-0.2, 0) is 0 Å². The first-order chi connectivity index (χ1) is 5.84. The molecule has 3 N–H and O–H groups in total. The van der Waals surface area contributed by atoms with Gasteiger partial charge in [-0.3, -0.25) is 4.79 Å². The topological polar surface area (TPSA) is 69.8 Å². The molecule has 0 bridgehead atoms. The van der Waals surface area contributed by atoms with Crippen LogP contribution in [0.2, 0.25) is 0 Å². The fourth-order valence-electron chi connectivity index (χ4n) is 0.776. The van der Waals surface area contributed by atoms with E-state index in [1.807, 2.05) is 7.05 Å². The van der Waals surface area contributed by atoms with E-state index in [4.69, 9.17) is 0 Å². The lowest BCUT2D eigenvalue weighted by Gasteiger charge is -2.01. The molecule has 1 aromatic heterocycles. The highest BCUT2D eigenvalue weighted by Gasteiger charge is 2.03. The Bertz CT molecular complexity index is 232. The summed E-state index contributed by atoms with van der Waals surface area (Å²) in [7, 11) is 1.84. The van der Waals surface area contributed by atoms with Crippen molar-refractivity contribution in [3.63, 3.8) is 0 Å². The molecule has 0 radical (unpaired) electrons. The highest BCUT2D eigenvalue weighted by Crippen LogP contribution is 1.88. The van der Waals surface area contributed by atoms with Gasteiger partial charge in [0.05, 0.1) is 12.5 Å². The van der Waals surface area contributed by atoms with Crippen LogP contribution in [-0.4, -0.2) is 36.0 Å². The molecule has 5 heteroatoms. The Morgan fingerprint density at radius 2 is 2.50 bits per heavy atom. The van der Waals surface area contributed by atoms with E-state index in [1.165, 1.54) is 12.5 Å². The Morgan fingerprint density at radius 1 is 1.67 bits per heavy atom. The van der Waals surface area contributed by atoms with Crippen molar-refractivity contribution < 1.29 is 4.79 Å². The number of nitrogens with one attached hydrogen (secondary N) is 3. The summed E-state index contributed by atoms with van der Waals surface area (Å²) in [6.07, 6.45) is 2.97. The molecule has 0 saturated heterocycles. The van der Waals surface area contributed by atoms with Crippen molar-refractivity contribution in [1.82, 2.24) is 20.6 Å². The van der Waals surface area contributed by atoms with Crippen molar-refractivity contribution in [2.45, 2.75) is 0 Å². The number of imidazole rings is 1. The summed E-state index contributed by atoms with van der Waals surface area (Å²) in [6.45, 7) is 1.38. The summed E-state index contributed by atoms with van der Waals surface area (Å²) >= 11 is 0. The number of aromatic nitrogens is 2. The van der Waals surface area contributed by atoms with Gasteiger partial charge in [-0.25, -0.2) is 4.98 Å². The standard InChI is InChI=1S/C7H12N4O/c1-8-2-3-10-7(12)6-4-9-5-11-6/h4-5,8H,2-3H2,1H3,(H,9,11)(H,10,12). The lowest BCUT2D eigenvalue weighted by Crippen LogP contribution is -2.30. The number of nitrogens with zero attached hydrogens (tertiary/aromatic N) is 1. The first kappa shape index (κ1) is 8.73. The number of carbonyl (C=O) groups excluding carboxylic acids is 1. The second kappa shape index (κ2) is 4.50. The van der Waals surface area contributed by atoms with Crippen molar-refractivity contribution in [1.29, 1.82) is 0 Å². The molecule has 0 saturated carbocycles. The Balaban J connectivity index is 2.30. The molecule has 1 aromatic rings. The van der Waals surface area contributed by atoms with Gasteiger partial charge in [0.15, 0.2) is 0 Å². The maximum Gasteiger partial charge on any atom is 0.269 e. The zero-order chi connectivity index (χ0) is 8.81. The van der Waals surface area contributed by atoms with Crippen LogP contribution in [0.5, 0.6) is 0 Å². The van der Waals surface area contributed by atoms with Gasteiger partial charge in [0.2, 0.25) is 0 Å². The molecule has 1 rings (SSSR count). The van der Waals surface area contributed by atoms with Gasteiger partial charge in [-0.15, -0.1) is 0 Å². The van der Waals surface area contributed by atoms with Crippen LogP contribution in [0.15, 0.2) is 12.5 Å². The number of amides is 1. The van der Waals surface area contributed by atoms with E-state index in [-0.39, 0.29) is 5.91 Å². The lowest BCUT2D eigenvalue weighted by atomic mass is 10.4. The van der Waals surface area contributed by atoms with Crippen LogP contribution >= 0.6 is 0 Å².